The lowest BCUT2D eigenvalue weighted by molar-refractivity contribution is -0.139. The monoisotopic (exact) mass is 421 g/mol. The van der Waals surface area contributed by atoms with Gasteiger partial charge in [-0.05, 0) is 47.7 Å². The van der Waals surface area contributed by atoms with Gasteiger partial charge in [-0.15, -0.1) is 0 Å². The van der Waals surface area contributed by atoms with E-state index in [1.165, 1.54) is 7.11 Å². The van der Waals surface area contributed by atoms with Crippen LogP contribution < -0.4 is 10.5 Å². The first kappa shape index (κ1) is 20.4. The molecule has 0 aliphatic rings. The Balaban J connectivity index is 1.88. The minimum Gasteiger partial charge on any atom is -0.493 e. The smallest absolute Gasteiger partial charge is 0.309 e. The van der Waals surface area contributed by atoms with E-state index in [2.05, 4.69) is 20.7 Å². The SMILES string of the molecule is COC(=O)Cc1ccc(OCC(C)CC(N)(O)c2cccc(Br)c2)cc1. The molecule has 2 aromatic rings. The van der Waals surface area contributed by atoms with Gasteiger partial charge in [0.1, 0.15) is 11.5 Å². The standard InChI is InChI=1S/C20H24BrNO4/c1-14(12-20(22,24)16-4-3-5-17(21)11-16)13-26-18-8-6-15(7-9-18)10-19(23)25-2/h3-9,11,14,24H,10,12-13,22H2,1-2H3. The number of carbonyl (C=O) groups is 1. The summed E-state index contributed by atoms with van der Waals surface area (Å²) < 4.78 is 11.3. The van der Waals surface area contributed by atoms with Crippen LogP contribution in [0.25, 0.3) is 0 Å². The summed E-state index contributed by atoms with van der Waals surface area (Å²) in [6.45, 7) is 2.39. The molecule has 26 heavy (non-hydrogen) atoms. The van der Waals surface area contributed by atoms with E-state index in [1.807, 2.05) is 49.4 Å². The molecule has 140 valence electrons. The van der Waals surface area contributed by atoms with E-state index in [0.717, 1.165) is 10.0 Å². The quantitative estimate of drug-likeness (QED) is 0.504. The maximum Gasteiger partial charge on any atom is 0.309 e. The van der Waals surface area contributed by atoms with E-state index in [1.54, 1.807) is 6.07 Å². The van der Waals surface area contributed by atoms with Crippen LogP contribution in [-0.2, 0) is 21.7 Å². The minimum atomic E-state index is -1.42. The van der Waals surface area contributed by atoms with Gasteiger partial charge < -0.3 is 14.6 Å². The highest BCUT2D eigenvalue weighted by Crippen LogP contribution is 2.26. The average Bonchev–Trinajstić information content (AvgIpc) is 2.60. The number of halogens is 1. The molecule has 2 rings (SSSR count). The van der Waals surface area contributed by atoms with Gasteiger partial charge in [0.05, 0.1) is 20.1 Å². The first-order chi connectivity index (χ1) is 12.3. The van der Waals surface area contributed by atoms with E-state index in [4.69, 9.17) is 10.5 Å². The maximum atomic E-state index is 11.3. The third-order valence-electron chi connectivity index (χ3n) is 4.02. The molecule has 5 nitrogen and oxygen atoms in total. The molecule has 6 heteroatoms. The number of methoxy groups -OCH3 is 1. The van der Waals surface area contributed by atoms with E-state index < -0.39 is 5.72 Å². The first-order valence-electron chi connectivity index (χ1n) is 8.36. The average molecular weight is 422 g/mol. The minimum absolute atomic E-state index is 0.0405. The van der Waals surface area contributed by atoms with Crippen molar-refractivity contribution in [3.8, 4) is 5.75 Å². The Hall–Kier alpha value is -1.89. The lowest BCUT2D eigenvalue weighted by atomic mass is 9.93. The molecule has 0 bridgehead atoms. The van der Waals surface area contributed by atoms with Crippen molar-refractivity contribution in [2.24, 2.45) is 11.7 Å². The molecule has 0 heterocycles. The number of esters is 1. The second-order valence-corrected chi connectivity index (χ2v) is 7.37. The summed E-state index contributed by atoms with van der Waals surface area (Å²) in [5.74, 6) is 0.467. The maximum absolute atomic E-state index is 11.3. The molecule has 2 unspecified atom stereocenters. The summed E-state index contributed by atoms with van der Waals surface area (Å²) in [4.78, 5) is 11.3. The van der Waals surface area contributed by atoms with Crippen LogP contribution in [0.5, 0.6) is 5.75 Å². The van der Waals surface area contributed by atoms with E-state index >= 15 is 0 Å². The van der Waals surface area contributed by atoms with Gasteiger partial charge in [0.25, 0.3) is 0 Å². The van der Waals surface area contributed by atoms with Gasteiger partial charge in [-0.25, -0.2) is 0 Å². The predicted molar refractivity (Wildman–Crippen MR) is 104 cm³/mol. The Labute approximate surface area is 162 Å². The van der Waals surface area contributed by atoms with Crippen LogP contribution in [0.2, 0.25) is 0 Å². The van der Waals surface area contributed by atoms with Gasteiger partial charge in [0, 0.05) is 4.47 Å². The molecule has 0 fully saturated rings. The predicted octanol–water partition coefficient (Wildman–Crippen LogP) is 3.37. The number of hydrogen-bond acceptors (Lipinski definition) is 5. The van der Waals surface area contributed by atoms with Gasteiger partial charge in [-0.2, -0.15) is 0 Å². The number of aliphatic hydroxyl groups is 1. The van der Waals surface area contributed by atoms with Gasteiger partial charge in [0.15, 0.2) is 0 Å². The number of ether oxygens (including phenoxy) is 2. The van der Waals surface area contributed by atoms with Gasteiger partial charge in [0.2, 0.25) is 0 Å². The van der Waals surface area contributed by atoms with Gasteiger partial charge >= 0.3 is 5.97 Å². The van der Waals surface area contributed by atoms with Crippen molar-refractivity contribution in [2.45, 2.75) is 25.5 Å². The zero-order chi connectivity index (χ0) is 19.2. The highest BCUT2D eigenvalue weighted by Gasteiger charge is 2.26. The second kappa shape index (κ2) is 9.16. The molecular formula is C20H24BrNO4. The molecular weight excluding hydrogens is 398 g/mol. The summed E-state index contributed by atoms with van der Waals surface area (Å²) in [5, 5.41) is 10.6. The van der Waals surface area contributed by atoms with Gasteiger partial charge in [-0.1, -0.05) is 47.1 Å². The fourth-order valence-electron chi connectivity index (χ4n) is 2.65. The molecule has 0 saturated heterocycles. The fourth-order valence-corrected chi connectivity index (χ4v) is 3.05. The van der Waals surface area contributed by atoms with Crippen LogP contribution >= 0.6 is 15.9 Å². The van der Waals surface area contributed by atoms with Crippen LogP contribution in [0.15, 0.2) is 53.0 Å². The van der Waals surface area contributed by atoms with Crippen LogP contribution in [-0.4, -0.2) is 24.8 Å². The summed E-state index contributed by atoms with van der Waals surface area (Å²) in [6.07, 6.45) is 0.601. The van der Waals surface area contributed by atoms with Crippen LogP contribution in [0.3, 0.4) is 0 Å². The molecule has 0 saturated carbocycles. The van der Waals surface area contributed by atoms with Crippen LogP contribution in [0, 0.1) is 5.92 Å². The van der Waals surface area contributed by atoms with E-state index in [0.29, 0.717) is 24.3 Å². The van der Waals surface area contributed by atoms with Crippen LogP contribution in [0.4, 0.5) is 0 Å². The molecule has 0 aromatic heterocycles. The zero-order valence-corrected chi connectivity index (χ0v) is 16.5. The van der Waals surface area contributed by atoms with Crippen molar-refractivity contribution in [3.05, 3.63) is 64.1 Å². The Morgan fingerprint density at radius 3 is 2.58 bits per heavy atom. The third kappa shape index (κ3) is 6.12. The zero-order valence-electron chi connectivity index (χ0n) is 14.9. The Bertz CT molecular complexity index is 731. The second-order valence-electron chi connectivity index (χ2n) is 6.45. The normalized spacial score (nSPS) is 14.3. The number of rotatable bonds is 8. The van der Waals surface area contributed by atoms with Crippen molar-refractivity contribution < 1.29 is 19.4 Å². The molecule has 3 N–H and O–H groups in total. The topological polar surface area (TPSA) is 81.8 Å². The third-order valence-corrected chi connectivity index (χ3v) is 4.51. The number of nitrogens with two attached hydrogens (primary N) is 1. The Morgan fingerprint density at radius 2 is 1.96 bits per heavy atom. The summed E-state index contributed by atoms with van der Waals surface area (Å²) in [5.41, 5.74) is 6.19. The molecule has 0 spiro atoms. The van der Waals surface area contributed by atoms with E-state index in [-0.39, 0.29) is 18.3 Å². The molecule has 0 amide bonds. The fraction of sp³-hybridized carbons (Fsp3) is 0.350. The van der Waals surface area contributed by atoms with Crippen molar-refractivity contribution in [2.75, 3.05) is 13.7 Å². The van der Waals surface area contributed by atoms with Gasteiger partial charge in [-0.3, -0.25) is 10.5 Å². The molecule has 2 atom stereocenters. The van der Waals surface area contributed by atoms with E-state index in [9.17, 15) is 9.90 Å². The highest BCUT2D eigenvalue weighted by atomic mass is 79.9. The molecule has 0 radical (unpaired) electrons. The highest BCUT2D eigenvalue weighted by molar-refractivity contribution is 9.10. The van der Waals surface area contributed by atoms with Crippen LogP contribution in [0.1, 0.15) is 24.5 Å². The molecule has 2 aromatic carbocycles. The summed E-state index contributed by atoms with van der Waals surface area (Å²) >= 11 is 3.39. The Kier molecular flexibility index (Phi) is 7.20. The first-order valence-corrected chi connectivity index (χ1v) is 9.15. The molecule has 0 aliphatic heterocycles. The summed E-state index contributed by atoms with van der Waals surface area (Å²) in [7, 11) is 1.37. The van der Waals surface area contributed by atoms with Crippen molar-refractivity contribution in [1.29, 1.82) is 0 Å². The largest absolute Gasteiger partial charge is 0.493 e. The van der Waals surface area contributed by atoms with Crippen molar-refractivity contribution in [1.82, 2.24) is 0 Å². The number of benzene rings is 2. The lowest BCUT2D eigenvalue weighted by Crippen LogP contribution is -2.39. The molecule has 0 aliphatic carbocycles. The summed E-state index contributed by atoms with van der Waals surface area (Å²) in [6, 6.07) is 14.6. The van der Waals surface area contributed by atoms with Crippen molar-refractivity contribution >= 4 is 21.9 Å². The lowest BCUT2D eigenvalue weighted by Gasteiger charge is -2.27. The number of hydrogen-bond donors (Lipinski definition) is 2. The Morgan fingerprint density at radius 1 is 1.27 bits per heavy atom. The van der Waals surface area contributed by atoms with Crippen molar-refractivity contribution in [3.63, 3.8) is 0 Å². The number of carbonyl (C=O) groups excluding carboxylic acids is 1.